The Morgan fingerprint density at radius 1 is 1.44 bits per heavy atom. The van der Waals surface area contributed by atoms with Gasteiger partial charge in [0.1, 0.15) is 11.7 Å². The van der Waals surface area contributed by atoms with Gasteiger partial charge >= 0.3 is 0 Å². The van der Waals surface area contributed by atoms with E-state index in [0.29, 0.717) is 42.9 Å². The highest BCUT2D eigenvalue weighted by Gasteiger charge is 2.46. The maximum absolute atomic E-state index is 14.1. The fourth-order valence-electron chi connectivity index (χ4n) is 4.12. The quantitative estimate of drug-likeness (QED) is 0.584. The summed E-state index contributed by atoms with van der Waals surface area (Å²) in [6.07, 6.45) is 4.02. The van der Waals surface area contributed by atoms with Gasteiger partial charge in [0.15, 0.2) is 0 Å². The molecule has 132 valence electrons. The summed E-state index contributed by atoms with van der Waals surface area (Å²) in [5.74, 6) is 0.814. The average Bonchev–Trinajstić information content (AvgIpc) is 3.47. The van der Waals surface area contributed by atoms with Crippen LogP contribution >= 0.6 is 0 Å². The second kappa shape index (κ2) is 5.95. The number of nitrogens with one attached hydrogen (secondary N) is 2. The van der Waals surface area contributed by atoms with E-state index in [9.17, 15) is 14.4 Å². The zero-order valence-electron chi connectivity index (χ0n) is 14.2. The van der Waals surface area contributed by atoms with Gasteiger partial charge in [0, 0.05) is 11.6 Å². The third kappa shape index (κ3) is 2.65. The largest absolute Gasteiger partial charge is 0.347 e. The van der Waals surface area contributed by atoms with Crippen LogP contribution < -0.4 is 10.8 Å². The first-order valence-corrected chi connectivity index (χ1v) is 8.77. The van der Waals surface area contributed by atoms with Crippen LogP contribution in [0.5, 0.6) is 0 Å². The molecular weight excluding hydrogens is 321 g/mol. The second-order valence-corrected chi connectivity index (χ2v) is 7.30. The van der Waals surface area contributed by atoms with Crippen molar-refractivity contribution < 1.29 is 14.4 Å². The van der Waals surface area contributed by atoms with Crippen molar-refractivity contribution in [3.63, 3.8) is 0 Å². The van der Waals surface area contributed by atoms with Gasteiger partial charge in [-0.3, -0.25) is 15.0 Å². The number of nitrogens with zero attached hydrogens (tertiary/aromatic N) is 1. The lowest BCUT2D eigenvalue weighted by atomic mass is 9.66. The summed E-state index contributed by atoms with van der Waals surface area (Å²) < 4.78 is 14.1. The minimum atomic E-state index is -0.964. The molecule has 0 bridgehead atoms. The van der Waals surface area contributed by atoms with Crippen LogP contribution in [0.4, 0.5) is 4.39 Å². The van der Waals surface area contributed by atoms with E-state index in [4.69, 9.17) is 0 Å². The van der Waals surface area contributed by atoms with Crippen LogP contribution in [0.2, 0.25) is 0 Å². The highest BCUT2D eigenvalue weighted by Crippen LogP contribution is 2.44. The third-order valence-corrected chi connectivity index (χ3v) is 5.75. The molecule has 0 radical (unpaired) electrons. The van der Waals surface area contributed by atoms with E-state index in [0.717, 1.165) is 17.1 Å². The Morgan fingerprint density at radius 2 is 2.24 bits per heavy atom. The zero-order valence-corrected chi connectivity index (χ0v) is 14.2. The minimum absolute atomic E-state index is 0.335. The normalized spacial score (nSPS) is 25.8. The number of hydroxylamine groups is 1. The van der Waals surface area contributed by atoms with Crippen molar-refractivity contribution in [2.75, 3.05) is 6.54 Å². The van der Waals surface area contributed by atoms with Gasteiger partial charge in [0.25, 0.3) is 5.91 Å². The van der Waals surface area contributed by atoms with Gasteiger partial charge in [-0.15, -0.1) is 0 Å². The Labute approximate surface area is 146 Å². The predicted octanol–water partition coefficient (Wildman–Crippen LogP) is 2.73. The first-order valence-electron chi connectivity index (χ1n) is 8.77. The van der Waals surface area contributed by atoms with Crippen LogP contribution in [-0.2, 0) is 10.2 Å². The first kappa shape index (κ1) is 16.3. The maximum Gasteiger partial charge on any atom is 0.254 e. The van der Waals surface area contributed by atoms with Crippen LogP contribution in [-0.4, -0.2) is 23.5 Å². The lowest BCUT2D eigenvalue weighted by Crippen LogP contribution is -2.48. The molecule has 4 rings (SSSR count). The number of benzene rings is 1. The number of allylic oxidation sites excluding steroid dienone is 1. The molecule has 2 aliphatic carbocycles. The number of rotatable bonds is 3. The number of hydrogen-bond acceptors (Lipinski definition) is 4. The first-order chi connectivity index (χ1) is 12.0. The molecule has 1 aromatic carbocycles. The molecule has 1 aromatic rings. The van der Waals surface area contributed by atoms with Gasteiger partial charge < -0.3 is 5.32 Å². The van der Waals surface area contributed by atoms with Crippen LogP contribution in [0, 0.1) is 18.7 Å². The molecule has 6 heteroatoms. The maximum atomic E-state index is 14.1. The van der Waals surface area contributed by atoms with Gasteiger partial charge in [-0.25, -0.2) is 9.87 Å². The van der Waals surface area contributed by atoms with Gasteiger partial charge in [0.2, 0.25) is 0 Å². The third-order valence-electron chi connectivity index (χ3n) is 5.75. The van der Waals surface area contributed by atoms with E-state index in [1.165, 1.54) is 18.9 Å². The summed E-state index contributed by atoms with van der Waals surface area (Å²) in [7, 11) is 0. The van der Waals surface area contributed by atoms with E-state index in [1.807, 2.05) is 5.48 Å². The monoisotopic (exact) mass is 343 g/mol. The van der Waals surface area contributed by atoms with E-state index >= 15 is 0 Å². The minimum Gasteiger partial charge on any atom is -0.347 e. The molecule has 3 aliphatic rings. The highest BCUT2D eigenvalue weighted by atomic mass is 19.1. The van der Waals surface area contributed by atoms with E-state index < -0.39 is 11.3 Å². The number of carbonyl (C=O) groups excluding carboxylic acids is 1. The summed E-state index contributed by atoms with van der Waals surface area (Å²) in [4.78, 5) is 17.3. The molecule has 0 spiro atoms. The van der Waals surface area contributed by atoms with Crippen molar-refractivity contribution in [1.82, 2.24) is 10.8 Å². The van der Waals surface area contributed by atoms with Crippen LogP contribution in [0.25, 0.3) is 0 Å². The standard InChI is InChI=1S/C19H22FN3O2/c1-11-14(3-2-4-15(11)20)19(18(24)23-25)8-7-16-13(9-19)10-21-17(22-16)12-5-6-12/h2-4,12,25H,5-10H2,1H3,(H,21,22)(H,23,24). The molecule has 1 fully saturated rings. The van der Waals surface area contributed by atoms with Crippen molar-refractivity contribution in [1.29, 1.82) is 0 Å². The molecule has 1 amide bonds. The lowest BCUT2D eigenvalue weighted by molar-refractivity contribution is -0.135. The molecule has 25 heavy (non-hydrogen) atoms. The SMILES string of the molecule is Cc1c(F)cccc1C1(C(=O)NO)CCC2=C(CN=C(C3CC3)N2)C1. The van der Waals surface area contributed by atoms with E-state index in [1.54, 1.807) is 19.1 Å². The predicted molar refractivity (Wildman–Crippen MR) is 91.8 cm³/mol. The molecule has 1 saturated carbocycles. The summed E-state index contributed by atoms with van der Waals surface area (Å²) in [5, 5.41) is 12.8. The fourth-order valence-corrected chi connectivity index (χ4v) is 4.12. The van der Waals surface area contributed by atoms with Gasteiger partial charge in [-0.2, -0.15) is 0 Å². The average molecular weight is 343 g/mol. The molecule has 1 unspecified atom stereocenters. The van der Waals surface area contributed by atoms with E-state index in [2.05, 4.69) is 10.3 Å². The van der Waals surface area contributed by atoms with E-state index in [-0.39, 0.29) is 5.82 Å². The van der Waals surface area contributed by atoms with Crippen LogP contribution in [0.1, 0.15) is 43.2 Å². The van der Waals surface area contributed by atoms with Gasteiger partial charge in [-0.1, -0.05) is 12.1 Å². The van der Waals surface area contributed by atoms with Crippen molar-refractivity contribution >= 4 is 11.7 Å². The highest BCUT2D eigenvalue weighted by molar-refractivity contribution is 5.91. The Hall–Kier alpha value is -2.21. The molecule has 5 nitrogen and oxygen atoms in total. The fraction of sp³-hybridized carbons (Fsp3) is 0.474. The smallest absolute Gasteiger partial charge is 0.254 e. The van der Waals surface area contributed by atoms with Gasteiger partial charge in [-0.05, 0) is 61.8 Å². The Kier molecular flexibility index (Phi) is 3.87. The summed E-state index contributed by atoms with van der Waals surface area (Å²) >= 11 is 0. The van der Waals surface area contributed by atoms with Crippen molar-refractivity contribution in [2.24, 2.45) is 10.9 Å². The number of aliphatic imine (C=N–C) groups is 1. The number of amidine groups is 1. The Bertz CT molecular complexity index is 798. The molecule has 1 atom stereocenters. The zero-order chi connectivity index (χ0) is 17.6. The van der Waals surface area contributed by atoms with Crippen molar-refractivity contribution in [3.05, 3.63) is 46.4 Å². The lowest BCUT2D eigenvalue weighted by Gasteiger charge is -2.40. The van der Waals surface area contributed by atoms with Crippen LogP contribution in [0.15, 0.2) is 34.5 Å². The molecule has 1 heterocycles. The van der Waals surface area contributed by atoms with Crippen molar-refractivity contribution in [2.45, 2.75) is 44.4 Å². The molecular formula is C19H22FN3O2. The molecule has 3 N–H and O–H groups in total. The molecule has 0 aromatic heterocycles. The van der Waals surface area contributed by atoms with Gasteiger partial charge in [0.05, 0.1) is 12.0 Å². The van der Waals surface area contributed by atoms with Crippen LogP contribution in [0.3, 0.4) is 0 Å². The Balaban J connectivity index is 1.70. The Morgan fingerprint density at radius 3 is 2.96 bits per heavy atom. The molecule has 0 saturated heterocycles. The number of amides is 1. The number of halogens is 1. The molecule has 1 aliphatic heterocycles. The number of hydrogen-bond donors (Lipinski definition) is 3. The second-order valence-electron chi connectivity index (χ2n) is 7.30. The topological polar surface area (TPSA) is 73.7 Å². The summed E-state index contributed by atoms with van der Waals surface area (Å²) in [6.45, 7) is 2.26. The number of carbonyl (C=O) groups is 1. The summed E-state index contributed by atoms with van der Waals surface area (Å²) in [6, 6.07) is 4.80. The van der Waals surface area contributed by atoms with Crippen molar-refractivity contribution in [3.8, 4) is 0 Å². The summed E-state index contributed by atoms with van der Waals surface area (Å²) in [5.41, 5.74) is 4.17.